The summed E-state index contributed by atoms with van der Waals surface area (Å²) >= 11 is 1.26. The van der Waals surface area contributed by atoms with Crippen LogP contribution in [0.4, 0.5) is 5.13 Å². The molecule has 4 N–H and O–H groups in total. The van der Waals surface area contributed by atoms with E-state index in [9.17, 15) is 22.8 Å². The third-order valence-corrected chi connectivity index (χ3v) is 8.82. The lowest BCUT2D eigenvalue weighted by atomic mass is 9.97. The minimum atomic E-state index is -3.50. The van der Waals surface area contributed by atoms with Crippen LogP contribution in [0.15, 0.2) is 72.4 Å². The summed E-state index contributed by atoms with van der Waals surface area (Å²) in [6.45, 7) is 1.92. The van der Waals surface area contributed by atoms with Gasteiger partial charge < -0.3 is 21.3 Å². The second kappa shape index (κ2) is 13.3. The number of hydrogen-bond acceptors (Lipinski definition) is 8. The second-order valence-electron chi connectivity index (χ2n) is 10.3. The van der Waals surface area contributed by atoms with Crippen LogP contribution in [0.5, 0.6) is 0 Å². The fraction of sp³-hybridized carbons (Fsp3) is 0.267. The first kappa shape index (κ1) is 30.1. The first-order chi connectivity index (χ1) is 20.7. The molecule has 1 aliphatic rings. The Labute approximate surface area is 253 Å². The number of nitrogens with zero attached hydrogens (tertiary/aromatic N) is 2. The third kappa shape index (κ3) is 7.95. The van der Waals surface area contributed by atoms with Crippen molar-refractivity contribution in [2.75, 3.05) is 31.2 Å². The number of rotatable bonds is 10. The van der Waals surface area contributed by atoms with E-state index in [1.165, 1.54) is 29.8 Å². The van der Waals surface area contributed by atoms with Gasteiger partial charge in [-0.1, -0.05) is 36.4 Å². The molecule has 0 saturated carbocycles. The van der Waals surface area contributed by atoms with Gasteiger partial charge in [0.05, 0.1) is 24.1 Å². The van der Waals surface area contributed by atoms with E-state index in [0.717, 1.165) is 58.4 Å². The highest BCUT2D eigenvalue weighted by atomic mass is 32.2. The van der Waals surface area contributed by atoms with Gasteiger partial charge in [0.15, 0.2) is 5.13 Å². The lowest BCUT2D eigenvalue weighted by molar-refractivity contribution is -0.125. The van der Waals surface area contributed by atoms with Gasteiger partial charge in [-0.15, -0.1) is 11.3 Å². The number of aromatic nitrogens is 2. The first-order valence-corrected chi connectivity index (χ1v) is 16.5. The Morgan fingerprint density at radius 1 is 1.00 bits per heavy atom. The summed E-state index contributed by atoms with van der Waals surface area (Å²) in [4.78, 5) is 41.8. The number of benzene rings is 2. The number of anilines is 1. The predicted molar refractivity (Wildman–Crippen MR) is 166 cm³/mol. The van der Waals surface area contributed by atoms with Gasteiger partial charge in [-0.2, -0.15) is 0 Å². The van der Waals surface area contributed by atoms with Crippen LogP contribution in [0.1, 0.15) is 28.8 Å². The molecule has 0 atom stereocenters. The Morgan fingerprint density at radius 2 is 1.72 bits per heavy atom. The van der Waals surface area contributed by atoms with Crippen LogP contribution in [0.3, 0.4) is 0 Å². The normalized spacial score (nSPS) is 13.8. The highest BCUT2D eigenvalue weighted by molar-refractivity contribution is 7.89. The van der Waals surface area contributed by atoms with E-state index in [2.05, 4.69) is 32.3 Å². The fourth-order valence-corrected chi connectivity index (χ4v) is 6.07. The molecule has 3 amide bonds. The second-order valence-corrected chi connectivity index (χ2v) is 13.0. The Balaban J connectivity index is 1.17. The highest BCUT2D eigenvalue weighted by Crippen LogP contribution is 2.29. The van der Waals surface area contributed by atoms with Gasteiger partial charge >= 0.3 is 0 Å². The molecule has 43 heavy (non-hydrogen) atoms. The summed E-state index contributed by atoms with van der Waals surface area (Å²) in [7, 11) is -3.50. The quantitative estimate of drug-likeness (QED) is 0.213. The van der Waals surface area contributed by atoms with Gasteiger partial charge in [0.2, 0.25) is 21.8 Å². The number of amides is 3. The number of thiazole rings is 1. The van der Waals surface area contributed by atoms with Crippen molar-refractivity contribution in [2.24, 2.45) is 5.92 Å². The molecule has 1 aliphatic heterocycles. The molecule has 13 heteroatoms. The maximum Gasteiger partial charge on any atom is 0.253 e. The Bertz CT molecular complexity index is 1740. The number of piperidine rings is 1. The topological polar surface area (TPSA) is 151 Å². The van der Waals surface area contributed by atoms with Crippen molar-refractivity contribution in [1.82, 2.24) is 24.9 Å². The molecule has 5 rings (SSSR count). The number of carbonyl (C=O) groups excluding carboxylic acids is 3. The van der Waals surface area contributed by atoms with Crippen molar-refractivity contribution in [1.29, 1.82) is 0 Å². The first-order valence-electron chi connectivity index (χ1n) is 13.8. The summed E-state index contributed by atoms with van der Waals surface area (Å²) in [5.74, 6) is -0.862. The zero-order valence-corrected chi connectivity index (χ0v) is 25.1. The molecule has 1 fully saturated rings. The van der Waals surface area contributed by atoms with Crippen molar-refractivity contribution in [2.45, 2.75) is 19.4 Å². The molecule has 0 aliphatic carbocycles. The largest absolute Gasteiger partial charge is 0.352 e. The third-order valence-electron chi connectivity index (χ3n) is 7.07. The zero-order chi connectivity index (χ0) is 30.4. The van der Waals surface area contributed by atoms with Crippen LogP contribution in [0.25, 0.3) is 22.4 Å². The molecule has 0 radical (unpaired) electrons. The van der Waals surface area contributed by atoms with Crippen molar-refractivity contribution in [3.05, 3.63) is 83.5 Å². The Hall–Kier alpha value is -4.33. The van der Waals surface area contributed by atoms with Crippen molar-refractivity contribution >= 4 is 44.2 Å². The van der Waals surface area contributed by atoms with Crippen LogP contribution in [0, 0.1) is 5.92 Å². The smallest absolute Gasteiger partial charge is 0.253 e. The summed E-state index contributed by atoms with van der Waals surface area (Å²) in [5, 5.41) is 13.7. The van der Waals surface area contributed by atoms with Crippen LogP contribution in [0.2, 0.25) is 0 Å². The minimum Gasteiger partial charge on any atom is -0.352 e. The molecule has 2 aromatic heterocycles. The number of nitrogens with one attached hydrogen (secondary N) is 4. The molecule has 224 valence electrons. The molecule has 2 aromatic carbocycles. The SMILES string of the molecule is CS(=O)(=O)n1ccc(C(=O)NCC(=O)Nc2nc(-c3cccc(-c4cccc(CNC(=O)C5CCNCC5)c4)c3)cs2)c1. The van der Waals surface area contributed by atoms with Crippen molar-refractivity contribution < 1.29 is 22.8 Å². The van der Waals surface area contributed by atoms with Gasteiger partial charge in [-0.3, -0.25) is 18.4 Å². The molecule has 0 bridgehead atoms. The number of carbonyl (C=O) groups is 3. The van der Waals surface area contributed by atoms with E-state index >= 15 is 0 Å². The van der Waals surface area contributed by atoms with E-state index in [0.29, 0.717) is 17.4 Å². The van der Waals surface area contributed by atoms with Crippen molar-refractivity contribution in [3.63, 3.8) is 0 Å². The lowest BCUT2D eigenvalue weighted by Crippen LogP contribution is -2.37. The maximum absolute atomic E-state index is 12.5. The summed E-state index contributed by atoms with van der Waals surface area (Å²) in [6.07, 6.45) is 5.21. The van der Waals surface area contributed by atoms with Gasteiger partial charge in [0.1, 0.15) is 0 Å². The van der Waals surface area contributed by atoms with Gasteiger partial charge in [-0.05, 0) is 60.8 Å². The minimum absolute atomic E-state index is 0.0647. The highest BCUT2D eigenvalue weighted by Gasteiger charge is 2.20. The molecule has 4 aromatic rings. The van der Waals surface area contributed by atoms with Gasteiger partial charge in [0, 0.05) is 35.8 Å². The van der Waals surface area contributed by atoms with Crippen molar-refractivity contribution in [3.8, 4) is 22.4 Å². The van der Waals surface area contributed by atoms with Crippen LogP contribution >= 0.6 is 11.3 Å². The standard InChI is InChI=1S/C30H32N6O5S2/c1-43(40,41)36-13-10-25(18-36)29(39)33-17-27(37)35-30-34-26(19-42-30)24-7-3-6-23(15-24)22-5-2-4-20(14-22)16-32-28(38)21-8-11-31-12-9-21/h2-7,10,13-15,18-19,21,31H,8-9,11-12,16-17H2,1H3,(H,32,38)(H,33,39)(H,34,35,37). The summed E-state index contributed by atoms with van der Waals surface area (Å²) < 4.78 is 24.1. The lowest BCUT2D eigenvalue weighted by Gasteiger charge is -2.21. The van der Waals surface area contributed by atoms with E-state index < -0.39 is 21.8 Å². The number of hydrogen-bond donors (Lipinski definition) is 4. The molecule has 1 saturated heterocycles. The van der Waals surface area contributed by atoms with E-state index in [-0.39, 0.29) is 23.9 Å². The zero-order valence-electron chi connectivity index (χ0n) is 23.5. The van der Waals surface area contributed by atoms with E-state index in [4.69, 9.17) is 0 Å². The molecule has 3 heterocycles. The summed E-state index contributed by atoms with van der Waals surface area (Å²) in [6, 6.07) is 17.3. The average Bonchev–Trinajstić information content (AvgIpc) is 3.70. The van der Waals surface area contributed by atoms with Crippen LogP contribution in [-0.4, -0.2) is 61.0 Å². The maximum atomic E-state index is 12.5. The molecular weight excluding hydrogens is 589 g/mol. The van der Waals surface area contributed by atoms with E-state index in [1.54, 1.807) is 0 Å². The molecule has 0 spiro atoms. The van der Waals surface area contributed by atoms with Crippen LogP contribution < -0.4 is 21.3 Å². The molecule has 11 nitrogen and oxygen atoms in total. The van der Waals surface area contributed by atoms with Gasteiger partial charge in [-0.25, -0.2) is 13.4 Å². The van der Waals surface area contributed by atoms with E-state index in [1.807, 2.05) is 47.8 Å². The van der Waals surface area contributed by atoms with Crippen LogP contribution in [-0.2, 0) is 26.2 Å². The van der Waals surface area contributed by atoms with Gasteiger partial charge in [0.25, 0.3) is 5.91 Å². The summed E-state index contributed by atoms with van der Waals surface area (Å²) in [5.41, 5.74) is 4.73. The predicted octanol–water partition coefficient (Wildman–Crippen LogP) is 3.07. The molecule has 0 unspecified atom stereocenters. The Morgan fingerprint density at radius 3 is 2.47 bits per heavy atom. The average molecular weight is 621 g/mol. The monoisotopic (exact) mass is 620 g/mol. The molecular formula is C30H32N6O5S2. The fourth-order valence-electron chi connectivity index (χ4n) is 4.74. The Kier molecular flexibility index (Phi) is 9.34.